The first kappa shape index (κ1) is 23.1. The van der Waals surface area contributed by atoms with Crippen LogP contribution in [0.3, 0.4) is 0 Å². The zero-order chi connectivity index (χ0) is 23.3. The fourth-order valence-electron chi connectivity index (χ4n) is 3.13. The average Bonchev–Trinajstić information content (AvgIpc) is 2.74. The van der Waals surface area contributed by atoms with Gasteiger partial charge in [0.05, 0.1) is 6.61 Å². The molecule has 0 spiro atoms. The summed E-state index contributed by atoms with van der Waals surface area (Å²) in [6, 6.07) is 7.05. The number of benzene rings is 1. The van der Waals surface area contributed by atoms with Gasteiger partial charge in [-0.25, -0.2) is 9.78 Å². The molecule has 3 rings (SSSR count). The maximum Gasteiger partial charge on any atom is 0.410 e. The lowest BCUT2D eigenvalue weighted by molar-refractivity contribution is 0.0240. The van der Waals surface area contributed by atoms with E-state index in [2.05, 4.69) is 15.3 Å². The summed E-state index contributed by atoms with van der Waals surface area (Å²) in [6.07, 6.45) is 1.08. The Morgan fingerprint density at radius 3 is 2.34 bits per heavy atom. The molecule has 2 heterocycles. The summed E-state index contributed by atoms with van der Waals surface area (Å²) in [5, 5.41) is 2.78. The van der Waals surface area contributed by atoms with Crippen molar-refractivity contribution in [2.75, 3.05) is 48.7 Å². The van der Waals surface area contributed by atoms with Crippen molar-refractivity contribution in [2.45, 2.75) is 33.3 Å². The lowest BCUT2D eigenvalue weighted by Crippen LogP contribution is -2.50. The summed E-state index contributed by atoms with van der Waals surface area (Å²) >= 11 is 0. The highest BCUT2D eigenvalue weighted by atomic mass is 16.6. The molecule has 0 saturated carbocycles. The molecule has 3 N–H and O–H groups in total. The number of nitrogens with two attached hydrogens (primary N) is 1. The number of piperazine rings is 1. The largest absolute Gasteiger partial charge is 0.494 e. The number of ether oxygens (including phenoxy) is 2. The molecular formula is C22H30N6O4. The molecule has 1 aliphatic heterocycles. The highest BCUT2D eigenvalue weighted by Crippen LogP contribution is 2.20. The standard InChI is InChI=1S/C22H30N6O4/c1-5-31-16-8-6-15(7-9-16)25-19(29)17-14-24-20(26-18(17)23)27-10-12-28(13-11-27)21(30)32-22(2,3)4/h6-9,14H,5,10-13H2,1-4H3,(H,25,29)(H2,23,24,26). The topological polar surface area (TPSA) is 123 Å². The van der Waals surface area contributed by atoms with Gasteiger partial charge in [-0.3, -0.25) is 4.79 Å². The Morgan fingerprint density at radius 1 is 1.12 bits per heavy atom. The van der Waals surface area contributed by atoms with Crippen LogP contribution >= 0.6 is 0 Å². The van der Waals surface area contributed by atoms with Crippen molar-refractivity contribution in [1.82, 2.24) is 14.9 Å². The Hall–Kier alpha value is -3.56. The molecule has 1 aliphatic rings. The third-order valence-electron chi connectivity index (χ3n) is 4.69. The van der Waals surface area contributed by atoms with Gasteiger partial charge in [-0.2, -0.15) is 4.98 Å². The number of carbonyl (C=O) groups is 2. The minimum absolute atomic E-state index is 0.0907. The molecule has 0 bridgehead atoms. The van der Waals surface area contributed by atoms with Crippen LogP contribution in [0.2, 0.25) is 0 Å². The predicted molar refractivity (Wildman–Crippen MR) is 122 cm³/mol. The minimum atomic E-state index is -0.534. The van der Waals surface area contributed by atoms with Gasteiger partial charge >= 0.3 is 6.09 Å². The van der Waals surface area contributed by atoms with E-state index in [4.69, 9.17) is 15.2 Å². The lowest BCUT2D eigenvalue weighted by Gasteiger charge is -2.35. The molecule has 0 atom stereocenters. The third kappa shape index (κ3) is 5.99. The number of nitrogens with zero attached hydrogens (tertiary/aromatic N) is 4. The Morgan fingerprint density at radius 2 is 1.78 bits per heavy atom. The first-order valence-corrected chi connectivity index (χ1v) is 10.6. The van der Waals surface area contributed by atoms with Gasteiger partial charge in [-0.15, -0.1) is 0 Å². The molecule has 10 heteroatoms. The molecule has 1 saturated heterocycles. The number of amides is 2. The number of carbonyl (C=O) groups excluding carboxylic acids is 2. The average molecular weight is 443 g/mol. The summed E-state index contributed by atoms with van der Waals surface area (Å²) in [5.41, 5.74) is 6.31. The monoisotopic (exact) mass is 442 g/mol. The minimum Gasteiger partial charge on any atom is -0.494 e. The summed E-state index contributed by atoms with van der Waals surface area (Å²) in [7, 11) is 0. The van der Waals surface area contributed by atoms with Gasteiger partial charge in [0.15, 0.2) is 0 Å². The molecule has 1 aromatic carbocycles. The van der Waals surface area contributed by atoms with Crippen molar-refractivity contribution in [1.29, 1.82) is 0 Å². The van der Waals surface area contributed by atoms with Crippen LogP contribution in [0.15, 0.2) is 30.5 Å². The Labute approximate surface area is 187 Å². The van der Waals surface area contributed by atoms with E-state index in [1.54, 1.807) is 29.2 Å². The molecule has 0 radical (unpaired) electrons. The van der Waals surface area contributed by atoms with Crippen LogP contribution in [0.1, 0.15) is 38.1 Å². The fraction of sp³-hybridized carbons (Fsp3) is 0.455. The first-order valence-electron chi connectivity index (χ1n) is 10.6. The number of hydrogen-bond donors (Lipinski definition) is 2. The number of anilines is 3. The highest BCUT2D eigenvalue weighted by Gasteiger charge is 2.27. The van der Waals surface area contributed by atoms with Crippen molar-refractivity contribution in [3.05, 3.63) is 36.0 Å². The zero-order valence-corrected chi connectivity index (χ0v) is 18.9. The quantitative estimate of drug-likeness (QED) is 0.725. The van der Waals surface area contributed by atoms with Crippen molar-refractivity contribution in [3.63, 3.8) is 0 Å². The van der Waals surface area contributed by atoms with E-state index in [1.807, 2.05) is 32.6 Å². The second kappa shape index (κ2) is 9.71. The van der Waals surface area contributed by atoms with E-state index in [-0.39, 0.29) is 17.5 Å². The predicted octanol–water partition coefficient (Wildman–Crippen LogP) is 2.77. The summed E-state index contributed by atoms with van der Waals surface area (Å²) in [5.74, 6) is 0.842. The normalized spacial score (nSPS) is 14.1. The van der Waals surface area contributed by atoms with Crippen LogP contribution in [-0.2, 0) is 4.74 Å². The molecule has 10 nitrogen and oxygen atoms in total. The Balaban J connectivity index is 1.59. The van der Waals surface area contributed by atoms with Crippen molar-refractivity contribution in [3.8, 4) is 5.75 Å². The third-order valence-corrected chi connectivity index (χ3v) is 4.69. The van der Waals surface area contributed by atoms with Crippen molar-refractivity contribution in [2.24, 2.45) is 0 Å². The van der Waals surface area contributed by atoms with Crippen LogP contribution in [0, 0.1) is 0 Å². The maximum absolute atomic E-state index is 12.6. The fourth-order valence-corrected chi connectivity index (χ4v) is 3.13. The molecular weight excluding hydrogens is 412 g/mol. The zero-order valence-electron chi connectivity index (χ0n) is 18.9. The maximum atomic E-state index is 12.6. The molecule has 0 unspecified atom stereocenters. The van der Waals surface area contributed by atoms with Crippen LogP contribution in [0.5, 0.6) is 5.75 Å². The SMILES string of the molecule is CCOc1ccc(NC(=O)c2cnc(N3CCN(C(=O)OC(C)(C)C)CC3)nc2N)cc1. The van der Waals surface area contributed by atoms with Gasteiger partial charge < -0.3 is 30.3 Å². The van der Waals surface area contributed by atoms with Gasteiger partial charge in [0.25, 0.3) is 5.91 Å². The Kier molecular flexibility index (Phi) is 7.01. The Bertz CT molecular complexity index is 950. The second-order valence-corrected chi connectivity index (χ2v) is 8.33. The van der Waals surface area contributed by atoms with Crippen LogP contribution in [0.4, 0.5) is 22.2 Å². The van der Waals surface area contributed by atoms with Gasteiger partial charge in [-0.1, -0.05) is 0 Å². The van der Waals surface area contributed by atoms with Gasteiger partial charge in [0.1, 0.15) is 22.7 Å². The molecule has 32 heavy (non-hydrogen) atoms. The highest BCUT2D eigenvalue weighted by molar-refractivity contribution is 6.07. The van der Waals surface area contributed by atoms with Gasteiger partial charge in [-0.05, 0) is 52.0 Å². The molecule has 1 aromatic heterocycles. The molecule has 2 aromatic rings. The van der Waals surface area contributed by atoms with E-state index >= 15 is 0 Å². The lowest BCUT2D eigenvalue weighted by atomic mass is 10.2. The van der Waals surface area contributed by atoms with Crippen LogP contribution in [-0.4, -0.2) is 65.3 Å². The molecule has 1 fully saturated rings. The first-order chi connectivity index (χ1) is 15.2. The number of aromatic nitrogens is 2. The van der Waals surface area contributed by atoms with Crippen LogP contribution in [0.25, 0.3) is 0 Å². The number of nitrogens with one attached hydrogen (secondary N) is 1. The van der Waals surface area contributed by atoms with E-state index in [0.29, 0.717) is 44.4 Å². The van der Waals surface area contributed by atoms with E-state index < -0.39 is 11.5 Å². The van der Waals surface area contributed by atoms with E-state index in [0.717, 1.165) is 5.75 Å². The van der Waals surface area contributed by atoms with Crippen molar-refractivity contribution >= 4 is 29.5 Å². The molecule has 0 aliphatic carbocycles. The molecule has 172 valence electrons. The summed E-state index contributed by atoms with van der Waals surface area (Å²) in [4.78, 5) is 37.0. The van der Waals surface area contributed by atoms with Gasteiger partial charge in [0.2, 0.25) is 5.95 Å². The number of rotatable bonds is 5. The summed E-state index contributed by atoms with van der Waals surface area (Å²) < 4.78 is 10.8. The number of hydrogen-bond acceptors (Lipinski definition) is 8. The summed E-state index contributed by atoms with van der Waals surface area (Å²) in [6.45, 7) is 10.0. The van der Waals surface area contributed by atoms with Crippen LogP contribution < -0.4 is 20.7 Å². The van der Waals surface area contributed by atoms with E-state index in [9.17, 15) is 9.59 Å². The molecule has 2 amide bonds. The number of nitrogen functional groups attached to an aromatic ring is 1. The van der Waals surface area contributed by atoms with Crippen molar-refractivity contribution < 1.29 is 19.1 Å². The second-order valence-electron chi connectivity index (χ2n) is 8.33. The smallest absolute Gasteiger partial charge is 0.410 e. The van der Waals surface area contributed by atoms with Gasteiger partial charge in [0, 0.05) is 38.1 Å². The van der Waals surface area contributed by atoms with E-state index in [1.165, 1.54) is 6.20 Å².